The summed E-state index contributed by atoms with van der Waals surface area (Å²) in [5.74, 6) is -10.5. The number of carbonyl (C=O) groups excluding carboxylic acids is 9. The molecule has 0 aliphatic carbocycles. The van der Waals surface area contributed by atoms with E-state index in [4.69, 9.17) is 28.7 Å². The van der Waals surface area contributed by atoms with E-state index < -0.39 is 126 Å². The van der Waals surface area contributed by atoms with E-state index in [0.29, 0.717) is 11.3 Å². The van der Waals surface area contributed by atoms with Gasteiger partial charge in [0.2, 0.25) is 53.2 Å². The van der Waals surface area contributed by atoms with Crippen molar-refractivity contribution in [1.82, 2.24) is 47.2 Å². The number of carbonyl (C=O) groups is 10. The smallest absolute Gasteiger partial charge is 0.326 e. The molecule has 8 atom stereocenters. The van der Waals surface area contributed by atoms with Crippen LogP contribution in [0.5, 0.6) is 0 Å². The Balaban J connectivity index is 2.36. The third-order valence-corrected chi connectivity index (χ3v) is 10.9. The monoisotopic (exact) mass is 1020 g/mol. The van der Waals surface area contributed by atoms with E-state index in [2.05, 4.69) is 64.8 Å². The Kier molecular flexibility index (Phi) is 25.6. The fourth-order valence-electron chi connectivity index (χ4n) is 6.83. The molecule has 0 fully saturated rings. The Morgan fingerprint density at radius 3 is 1.73 bits per heavy atom. The number of hydrogen-bond donors (Lipinski definition) is 15. The normalized spacial score (nSPS) is 14.4. The van der Waals surface area contributed by atoms with Crippen LogP contribution in [-0.4, -0.2) is 141 Å². The molecular formula is C44H69N15O11S. The maximum Gasteiger partial charge on any atom is 0.326 e. The Bertz CT molecular complexity index is 2160. The summed E-state index contributed by atoms with van der Waals surface area (Å²) in [6.45, 7) is 6.76. The highest BCUT2D eigenvalue weighted by Gasteiger charge is 2.35. The molecule has 0 spiro atoms. The van der Waals surface area contributed by atoms with Crippen LogP contribution < -0.4 is 65.9 Å². The molecular weight excluding hydrogens is 947 g/mol. The number of aliphatic imine (C=N–C) groups is 1. The Morgan fingerprint density at radius 2 is 1.20 bits per heavy atom. The van der Waals surface area contributed by atoms with Gasteiger partial charge in [-0.05, 0) is 43.1 Å². The van der Waals surface area contributed by atoms with Crippen molar-refractivity contribution in [3.63, 3.8) is 0 Å². The van der Waals surface area contributed by atoms with Crippen LogP contribution in [-0.2, 0) is 60.8 Å². The van der Waals surface area contributed by atoms with Crippen molar-refractivity contribution >= 4 is 77.7 Å². The summed E-state index contributed by atoms with van der Waals surface area (Å²) in [7, 11) is 0. The highest BCUT2D eigenvalue weighted by molar-refractivity contribution is 7.80. The highest BCUT2D eigenvalue weighted by atomic mass is 32.1. The average molecular weight is 1020 g/mol. The van der Waals surface area contributed by atoms with E-state index in [1.54, 1.807) is 58.0 Å². The molecule has 27 heteroatoms. The first-order chi connectivity index (χ1) is 33.4. The molecule has 9 amide bonds. The van der Waals surface area contributed by atoms with Crippen molar-refractivity contribution in [3.05, 3.63) is 54.1 Å². The zero-order valence-corrected chi connectivity index (χ0v) is 41.0. The summed E-state index contributed by atoms with van der Waals surface area (Å²) >= 11 is 4.26. The van der Waals surface area contributed by atoms with Crippen molar-refractivity contribution in [2.24, 2.45) is 45.5 Å². The minimum absolute atomic E-state index is 0.00724. The van der Waals surface area contributed by atoms with E-state index in [0.717, 1.165) is 0 Å². The van der Waals surface area contributed by atoms with Gasteiger partial charge >= 0.3 is 5.97 Å². The van der Waals surface area contributed by atoms with Gasteiger partial charge < -0.3 is 76.0 Å². The molecule has 1 aromatic carbocycles. The summed E-state index contributed by atoms with van der Waals surface area (Å²) in [5.41, 5.74) is 28.2. The van der Waals surface area contributed by atoms with Gasteiger partial charge in [-0.25, -0.2) is 9.78 Å². The number of benzene rings is 1. The lowest BCUT2D eigenvalue weighted by Gasteiger charge is -2.28. The topological polar surface area (TPSA) is 446 Å². The molecule has 1 aromatic heterocycles. The molecule has 71 heavy (non-hydrogen) atoms. The number of aromatic nitrogens is 2. The van der Waals surface area contributed by atoms with Crippen molar-refractivity contribution in [1.29, 1.82) is 0 Å². The number of aromatic amines is 1. The summed E-state index contributed by atoms with van der Waals surface area (Å²) in [6, 6.07) is -2.57. The number of carboxylic acid groups (broad SMARTS) is 1. The zero-order chi connectivity index (χ0) is 53.4. The fourth-order valence-corrected chi connectivity index (χ4v) is 7.09. The van der Waals surface area contributed by atoms with Crippen molar-refractivity contribution in [2.45, 2.75) is 127 Å². The number of nitrogens with two attached hydrogens (primary N) is 5. The van der Waals surface area contributed by atoms with Crippen LogP contribution >= 0.6 is 12.6 Å². The summed E-state index contributed by atoms with van der Waals surface area (Å²) in [6.07, 6.45) is 1.27. The Labute approximate surface area is 416 Å². The summed E-state index contributed by atoms with van der Waals surface area (Å²) < 4.78 is 0. The van der Waals surface area contributed by atoms with Crippen LogP contribution in [0.15, 0.2) is 47.8 Å². The van der Waals surface area contributed by atoms with Gasteiger partial charge in [0.05, 0.1) is 18.8 Å². The van der Waals surface area contributed by atoms with Gasteiger partial charge in [0.25, 0.3) is 0 Å². The lowest BCUT2D eigenvalue weighted by atomic mass is 10.0. The van der Waals surface area contributed by atoms with Crippen LogP contribution in [0.25, 0.3) is 0 Å². The number of nitrogens with zero attached hydrogens (tertiary/aromatic N) is 2. The van der Waals surface area contributed by atoms with E-state index >= 15 is 0 Å². The van der Waals surface area contributed by atoms with Gasteiger partial charge in [-0.2, -0.15) is 12.6 Å². The lowest BCUT2D eigenvalue weighted by Crippen LogP contribution is -2.61. The number of imidazole rings is 1. The second-order valence-electron chi connectivity index (χ2n) is 17.4. The molecule has 0 bridgehead atoms. The van der Waals surface area contributed by atoms with Crippen LogP contribution in [0.1, 0.15) is 77.5 Å². The minimum atomic E-state index is -1.53. The van der Waals surface area contributed by atoms with E-state index in [1.807, 2.05) is 0 Å². The van der Waals surface area contributed by atoms with Gasteiger partial charge in [-0.3, -0.25) is 48.1 Å². The van der Waals surface area contributed by atoms with Gasteiger partial charge in [0, 0.05) is 43.5 Å². The first kappa shape index (κ1) is 59.8. The van der Waals surface area contributed by atoms with Gasteiger partial charge in [-0.1, -0.05) is 58.0 Å². The quantitative estimate of drug-likeness (QED) is 0.0143. The summed E-state index contributed by atoms with van der Waals surface area (Å²) in [5, 5.41) is 27.7. The number of amides is 9. The van der Waals surface area contributed by atoms with Crippen LogP contribution in [0.2, 0.25) is 0 Å². The predicted molar refractivity (Wildman–Crippen MR) is 262 cm³/mol. The molecule has 0 saturated carbocycles. The number of H-pyrrole nitrogens is 1. The number of nitrogens with one attached hydrogen (secondary N) is 8. The molecule has 0 radical (unpaired) electrons. The average Bonchev–Trinajstić information content (AvgIpc) is 3.81. The zero-order valence-electron chi connectivity index (χ0n) is 40.1. The first-order valence-electron chi connectivity index (χ1n) is 22.8. The molecule has 0 aliphatic rings. The first-order valence-corrected chi connectivity index (χ1v) is 23.4. The van der Waals surface area contributed by atoms with E-state index in [9.17, 15) is 53.1 Å². The van der Waals surface area contributed by atoms with E-state index in [-0.39, 0.29) is 62.7 Å². The number of primary amides is 2. The van der Waals surface area contributed by atoms with Gasteiger partial charge in [0.15, 0.2) is 5.96 Å². The molecule has 2 rings (SSSR count). The number of hydrogen-bond acceptors (Lipinski definition) is 14. The molecule has 0 aliphatic heterocycles. The van der Waals surface area contributed by atoms with Crippen LogP contribution in [0.4, 0.5) is 0 Å². The number of thiol groups is 1. The molecule has 1 heterocycles. The Hall–Kier alpha value is -7.29. The van der Waals surface area contributed by atoms with Gasteiger partial charge in [-0.15, -0.1) is 0 Å². The Morgan fingerprint density at radius 1 is 0.662 bits per heavy atom. The van der Waals surface area contributed by atoms with Gasteiger partial charge in [0.1, 0.15) is 42.3 Å². The molecule has 0 unspecified atom stereocenters. The molecule has 2 aromatic rings. The minimum Gasteiger partial charge on any atom is -0.480 e. The SMILES string of the molecule is CC(C)C[C@H](NC(=O)[C@H](CS)NC(=O)[C@H](CCCN=C(N)N)NC(=O)[C@@H](NC(=O)[C@@H](N)CC(N)=O)C(C)C)C(=O)N[C@@H](CCC(N)=O)C(=O)N[C@@H](Cc1cnc[nH]1)C(=O)N[C@@H](Cc1ccccc1)C(=O)O. The molecule has 19 N–H and O–H groups in total. The van der Waals surface area contributed by atoms with E-state index in [1.165, 1.54) is 12.5 Å². The second-order valence-corrected chi connectivity index (χ2v) is 17.8. The largest absolute Gasteiger partial charge is 0.480 e. The second kappa shape index (κ2) is 30.3. The number of guanidine groups is 1. The standard InChI is InChI=1S/C44H69N15O11S/c1-22(2)15-29(55-41(67)32(20-71)58-37(63)27(11-8-14-51-44(48)49)54-42(68)35(23(3)4)59-36(62)26(45)18-34(47)61)39(65)53-28(12-13-33(46)60)38(64)56-30(17-25-19-50-21-52-25)40(66)57-31(43(69)70)16-24-9-6-5-7-10-24/h5-7,9-10,19,21-23,26-32,35,71H,8,11-18,20,45H2,1-4H3,(H2,46,60)(H2,47,61)(H,50,52)(H,53,65)(H,54,68)(H,55,67)(H,56,64)(H,57,66)(H,58,63)(H,59,62)(H,69,70)(H4,48,49,51)/t26-,27-,28-,29-,30-,31-,32-,35-/m0/s1. The van der Waals surface area contributed by atoms with Crippen molar-refractivity contribution in [3.8, 4) is 0 Å². The van der Waals surface area contributed by atoms with Crippen molar-refractivity contribution in [2.75, 3.05) is 12.3 Å². The number of aliphatic carboxylic acids is 1. The van der Waals surface area contributed by atoms with Crippen LogP contribution in [0, 0.1) is 11.8 Å². The fraction of sp³-hybridized carbons (Fsp3) is 0.545. The van der Waals surface area contributed by atoms with Crippen LogP contribution in [0.3, 0.4) is 0 Å². The molecule has 392 valence electrons. The molecule has 26 nitrogen and oxygen atoms in total. The number of rotatable bonds is 32. The maximum absolute atomic E-state index is 14.1. The third-order valence-electron chi connectivity index (χ3n) is 10.6. The maximum atomic E-state index is 14.1. The summed E-state index contributed by atoms with van der Waals surface area (Å²) in [4.78, 5) is 142. The lowest BCUT2D eigenvalue weighted by molar-refractivity contribution is -0.142. The number of carboxylic acids is 1. The third kappa shape index (κ3) is 22.3. The van der Waals surface area contributed by atoms with Crippen molar-refractivity contribution < 1.29 is 53.1 Å². The highest BCUT2D eigenvalue weighted by Crippen LogP contribution is 2.11. The predicted octanol–water partition coefficient (Wildman–Crippen LogP) is -4.17. The molecule has 0 saturated heterocycles.